The molecule has 156 valence electrons. The van der Waals surface area contributed by atoms with Crippen molar-refractivity contribution in [2.45, 2.75) is 18.8 Å². The van der Waals surface area contributed by atoms with Crippen molar-refractivity contribution in [2.75, 3.05) is 26.3 Å². The average molecular weight is 404 g/mol. The Balaban J connectivity index is 0.000000145. The third kappa shape index (κ3) is 6.17. The molecule has 0 saturated carbocycles. The second-order valence-corrected chi connectivity index (χ2v) is 6.02. The fourth-order valence-corrected chi connectivity index (χ4v) is 2.59. The van der Waals surface area contributed by atoms with Crippen molar-refractivity contribution in [2.24, 2.45) is 4.99 Å². The van der Waals surface area contributed by atoms with E-state index in [-0.39, 0.29) is 18.0 Å². The maximum absolute atomic E-state index is 10.6. The zero-order valence-electron chi connectivity index (χ0n) is 15.8. The van der Waals surface area contributed by atoms with Gasteiger partial charge in [-0.3, -0.25) is 10.1 Å². The van der Waals surface area contributed by atoms with Crippen molar-refractivity contribution in [1.82, 2.24) is 26.1 Å². The molecule has 2 aromatic rings. The summed E-state index contributed by atoms with van der Waals surface area (Å²) in [4.78, 5) is 15.1. The Hall–Kier alpha value is -3.15. The van der Waals surface area contributed by atoms with Gasteiger partial charge in [-0.15, -0.1) is 6.58 Å². The molecule has 0 aliphatic carbocycles. The first-order valence-corrected chi connectivity index (χ1v) is 9.11. The first-order valence-electron chi connectivity index (χ1n) is 9.11. The minimum atomic E-state index is -0.171. The van der Waals surface area contributed by atoms with Crippen LogP contribution in [-0.4, -0.2) is 59.9 Å². The Kier molecular flexibility index (Phi) is 7.81. The van der Waals surface area contributed by atoms with E-state index in [2.05, 4.69) is 47.7 Å². The molecule has 0 aromatic carbocycles. The van der Waals surface area contributed by atoms with Gasteiger partial charge >= 0.3 is 0 Å². The molecule has 0 bridgehead atoms. The third-order valence-corrected chi connectivity index (χ3v) is 3.97. The molecule has 2 aromatic heterocycles. The standard InChI is InChI=1S/C9H14N4O2.C6H7NO2.C3H3NO/c1-2-11-13(4-1)7-6-15-9(12-7)8-10-3-5-14-8;1-2-3-5-4-9-7-6(5)8;1-2-4-5-3-1/h1-2,7-8,10-11H,3-6H2;2,4H,1,3H2,(H,7,8);1-3H. The van der Waals surface area contributed by atoms with Gasteiger partial charge in [-0.2, -0.15) is 10.2 Å². The van der Waals surface area contributed by atoms with Crippen molar-refractivity contribution in [1.29, 1.82) is 0 Å². The number of aromatic nitrogens is 2. The maximum Gasteiger partial charge on any atom is 0.283 e. The Morgan fingerprint density at radius 1 is 1.41 bits per heavy atom. The molecule has 0 radical (unpaired) electrons. The molecule has 1 fully saturated rings. The largest absolute Gasteiger partial charge is 0.474 e. The van der Waals surface area contributed by atoms with E-state index in [1.165, 1.54) is 12.5 Å². The van der Waals surface area contributed by atoms with Crippen LogP contribution in [0.2, 0.25) is 0 Å². The van der Waals surface area contributed by atoms with Gasteiger partial charge in [0.2, 0.25) is 5.90 Å². The molecule has 3 aliphatic rings. The number of H-pyrrole nitrogens is 1. The monoisotopic (exact) mass is 404 g/mol. The van der Waals surface area contributed by atoms with E-state index in [1.54, 1.807) is 18.3 Å². The first-order chi connectivity index (χ1) is 14.3. The zero-order chi connectivity index (χ0) is 20.3. The highest BCUT2D eigenvalue weighted by molar-refractivity contribution is 5.82. The number of aliphatic imine (C=N–C) groups is 1. The van der Waals surface area contributed by atoms with Crippen molar-refractivity contribution in [3.63, 3.8) is 0 Å². The van der Waals surface area contributed by atoms with Gasteiger partial charge in [0.1, 0.15) is 19.1 Å². The summed E-state index contributed by atoms with van der Waals surface area (Å²) in [7, 11) is 0. The summed E-state index contributed by atoms with van der Waals surface area (Å²) in [6, 6.07) is 1.72. The second kappa shape index (κ2) is 11.0. The lowest BCUT2D eigenvalue weighted by atomic mass is 10.3. The van der Waals surface area contributed by atoms with Crippen molar-refractivity contribution >= 4 is 5.90 Å². The smallest absolute Gasteiger partial charge is 0.283 e. The summed E-state index contributed by atoms with van der Waals surface area (Å²) in [6.45, 7) is 6.52. The Morgan fingerprint density at radius 2 is 2.34 bits per heavy atom. The quantitative estimate of drug-likeness (QED) is 0.620. The lowest BCUT2D eigenvalue weighted by Gasteiger charge is -2.18. The Labute approximate surface area is 167 Å². The third-order valence-electron chi connectivity index (χ3n) is 3.97. The zero-order valence-corrected chi connectivity index (χ0v) is 15.8. The van der Waals surface area contributed by atoms with Crippen LogP contribution in [0.25, 0.3) is 0 Å². The predicted molar refractivity (Wildman–Crippen MR) is 104 cm³/mol. The molecule has 11 nitrogen and oxygen atoms in total. The molecule has 29 heavy (non-hydrogen) atoms. The van der Waals surface area contributed by atoms with Gasteiger partial charge in [0.15, 0.2) is 12.4 Å². The highest BCUT2D eigenvalue weighted by atomic mass is 16.6. The summed E-state index contributed by atoms with van der Waals surface area (Å²) < 4.78 is 19.8. The van der Waals surface area contributed by atoms with Crippen LogP contribution in [0.1, 0.15) is 5.56 Å². The molecular weight excluding hydrogens is 380 g/mol. The van der Waals surface area contributed by atoms with E-state index >= 15 is 0 Å². The van der Waals surface area contributed by atoms with E-state index in [1.807, 2.05) is 11.2 Å². The van der Waals surface area contributed by atoms with Crippen LogP contribution in [0, 0.1) is 0 Å². The first kappa shape index (κ1) is 20.6. The van der Waals surface area contributed by atoms with Crippen LogP contribution in [0.15, 0.2) is 68.6 Å². The fraction of sp³-hybridized carbons (Fsp3) is 0.389. The molecule has 1 saturated heterocycles. The van der Waals surface area contributed by atoms with Gasteiger partial charge in [-0.05, 0) is 12.5 Å². The minimum absolute atomic E-state index is 0.0565. The number of allylic oxidation sites excluding steroid dienone is 1. The van der Waals surface area contributed by atoms with Crippen molar-refractivity contribution in [3.8, 4) is 0 Å². The lowest BCUT2D eigenvalue weighted by molar-refractivity contribution is 0.119. The molecule has 5 rings (SSSR count). The van der Waals surface area contributed by atoms with Crippen LogP contribution in [0.4, 0.5) is 0 Å². The Morgan fingerprint density at radius 3 is 2.90 bits per heavy atom. The van der Waals surface area contributed by atoms with Gasteiger partial charge in [0.25, 0.3) is 5.56 Å². The maximum atomic E-state index is 10.6. The predicted octanol–water partition coefficient (Wildman–Crippen LogP) is 0.392. The number of hydrogen-bond acceptors (Lipinski definition) is 10. The van der Waals surface area contributed by atoms with Gasteiger partial charge in [0, 0.05) is 19.3 Å². The van der Waals surface area contributed by atoms with Crippen LogP contribution in [0.3, 0.4) is 0 Å². The van der Waals surface area contributed by atoms with Crippen LogP contribution < -0.4 is 16.3 Å². The summed E-state index contributed by atoms with van der Waals surface area (Å²) in [5.41, 5.74) is 3.56. The number of hydrogen-bond donors (Lipinski definition) is 3. The van der Waals surface area contributed by atoms with Crippen molar-refractivity contribution < 1.29 is 18.5 Å². The SMILES string of the molecule is C1=CNN(C2COC(C3NCCO3)=N2)C1.C=CCc1co[nH]c1=O.c1cnoc1. The molecule has 11 heteroatoms. The number of nitrogens with one attached hydrogen (secondary N) is 3. The molecule has 5 heterocycles. The number of ether oxygens (including phenoxy) is 2. The topological polar surface area (TPSA) is 130 Å². The number of aromatic amines is 1. The van der Waals surface area contributed by atoms with Crippen LogP contribution in [0.5, 0.6) is 0 Å². The highest BCUT2D eigenvalue weighted by Gasteiger charge is 2.31. The summed E-state index contributed by atoms with van der Waals surface area (Å²) in [5, 5.41) is 10.7. The molecule has 0 spiro atoms. The molecule has 0 amide bonds. The van der Waals surface area contributed by atoms with E-state index in [9.17, 15) is 4.79 Å². The summed E-state index contributed by atoms with van der Waals surface area (Å²) >= 11 is 0. The molecule has 2 atom stereocenters. The van der Waals surface area contributed by atoms with E-state index in [0.717, 1.165) is 19.7 Å². The molecule has 3 N–H and O–H groups in total. The summed E-state index contributed by atoms with van der Waals surface area (Å²) in [5.74, 6) is 0.672. The van der Waals surface area contributed by atoms with Gasteiger partial charge in [-0.1, -0.05) is 17.3 Å². The second-order valence-electron chi connectivity index (χ2n) is 6.02. The van der Waals surface area contributed by atoms with Crippen LogP contribution in [-0.2, 0) is 15.9 Å². The molecule has 3 aliphatic heterocycles. The summed E-state index contributed by atoms with van der Waals surface area (Å²) in [6.07, 6.45) is 10.6. The van der Waals surface area contributed by atoms with Gasteiger partial charge < -0.3 is 23.9 Å². The van der Waals surface area contributed by atoms with Gasteiger partial charge in [-0.25, -0.2) is 4.99 Å². The number of rotatable bonds is 4. The van der Waals surface area contributed by atoms with Crippen molar-refractivity contribution in [3.05, 3.63) is 65.6 Å². The molecule has 2 unspecified atom stereocenters. The normalized spacial score (nSPS) is 22.6. The highest BCUT2D eigenvalue weighted by Crippen LogP contribution is 2.13. The number of nitrogens with zero attached hydrogens (tertiary/aromatic N) is 3. The van der Waals surface area contributed by atoms with E-state index < -0.39 is 0 Å². The van der Waals surface area contributed by atoms with Crippen LogP contribution >= 0.6 is 0 Å². The molecular formula is C18H24N6O5. The average Bonchev–Trinajstić information content (AvgIpc) is 3.57. The fourth-order valence-electron chi connectivity index (χ4n) is 2.59. The minimum Gasteiger partial charge on any atom is -0.474 e. The van der Waals surface area contributed by atoms with E-state index in [0.29, 0.717) is 24.5 Å². The lowest BCUT2D eigenvalue weighted by Crippen LogP contribution is -2.39. The van der Waals surface area contributed by atoms with Gasteiger partial charge in [0.05, 0.1) is 18.4 Å². The number of hydrazine groups is 1. The van der Waals surface area contributed by atoms with E-state index in [4.69, 9.17) is 9.47 Å². The Bertz CT molecular complexity index is 812.